The minimum absolute atomic E-state index is 0.104. The minimum atomic E-state index is -1.04. The zero-order chi connectivity index (χ0) is 14.9. The van der Waals surface area contributed by atoms with Gasteiger partial charge in [0.05, 0.1) is 5.02 Å². The molecule has 1 amide bonds. The first-order valence-corrected chi connectivity index (χ1v) is 5.77. The van der Waals surface area contributed by atoms with E-state index in [0.29, 0.717) is 0 Å². The quantitative estimate of drug-likeness (QED) is 0.833. The highest BCUT2D eigenvalue weighted by Gasteiger charge is 2.14. The molecule has 104 valence electrons. The van der Waals surface area contributed by atoms with E-state index in [0.717, 1.165) is 18.2 Å². The Bertz CT molecular complexity index is 668. The van der Waals surface area contributed by atoms with Crippen molar-refractivity contribution in [3.63, 3.8) is 0 Å². The van der Waals surface area contributed by atoms with Gasteiger partial charge in [-0.2, -0.15) is 0 Å². The summed E-state index contributed by atoms with van der Waals surface area (Å²) in [5.74, 6) is -3.61. The number of nitrogen functional groups attached to an aromatic ring is 1. The fourth-order valence-electron chi connectivity index (χ4n) is 1.49. The monoisotopic (exact) mass is 300 g/mol. The molecule has 0 aliphatic rings. The van der Waals surface area contributed by atoms with E-state index in [1.165, 1.54) is 12.1 Å². The summed E-state index contributed by atoms with van der Waals surface area (Å²) in [6.07, 6.45) is 0. The summed E-state index contributed by atoms with van der Waals surface area (Å²) >= 11 is 5.49. The van der Waals surface area contributed by atoms with Crippen molar-refractivity contribution in [2.45, 2.75) is 0 Å². The molecule has 0 saturated heterocycles. The van der Waals surface area contributed by atoms with Crippen LogP contribution in [-0.4, -0.2) is 5.91 Å². The molecule has 0 aliphatic carbocycles. The molecule has 0 bridgehead atoms. The zero-order valence-corrected chi connectivity index (χ0v) is 10.6. The van der Waals surface area contributed by atoms with Gasteiger partial charge in [-0.15, -0.1) is 0 Å². The smallest absolute Gasteiger partial charge is 0.255 e. The Hall–Kier alpha value is -2.21. The van der Waals surface area contributed by atoms with Gasteiger partial charge >= 0.3 is 0 Å². The lowest BCUT2D eigenvalue weighted by Gasteiger charge is -2.07. The number of nitrogens with two attached hydrogens (primary N) is 1. The van der Waals surface area contributed by atoms with Gasteiger partial charge in [-0.3, -0.25) is 4.79 Å². The van der Waals surface area contributed by atoms with Crippen LogP contribution in [0.25, 0.3) is 0 Å². The van der Waals surface area contributed by atoms with Gasteiger partial charge in [-0.05, 0) is 30.3 Å². The number of carbonyl (C=O) groups is 1. The molecule has 0 heterocycles. The van der Waals surface area contributed by atoms with Crippen molar-refractivity contribution in [2.24, 2.45) is 0 Å². The van der Waals surface area contributed by atoms with Crippen LogP contribution in [0.3, 0.4) is 0 Å². The van der Waals surface area contributed by atoms with Gasteiger partial charge in [-0.25, -0.2) is 13.2 Å². The highest BCUT2D eigenvalue weighted by Crippen LogP contribution is 2.21. The Morgan fingerprint density at radius 1 is 1.05 bits per heavy atom. The van der Waals surface area contributed by atoms with Gasteiger partial charge in [0.25, 0.3) is 5.91 Å². The van der Waals surface area contributed by atoms with Crippen molar-refractivity contribution in [2.75, 3.05) is 11.1 Å². The fraction of sp³-hybridized carbons (Fsp3) is 0. The molecule has 0 fully saturated rings. The number of hydrogen-bond donors (Lipinski definition) is 2. The van der Waals surface area contributed by atoms with E-state index >= 15 is 0 Å². The third kappa shape index (κ3) is 2.85. The van der Waals surface area contributed by atoms with Gasteiger partial charge in [0.15, 0.2) is 0 Å². The fourth-order valence-corrected chi connectivity index (χ4v) is 1.61. The van der Waals surface area contributed by atoms with Gasteiger partial charge in [0, 0.05) is 11.3 Å². The molecule has 0 saturated carbocycles. The molecule has 2 rings (SSSR count). The van der Waals surface area contributed by atoms with E-state index in [1.807, 2.05) is 0 Å². The molecule has 0 atom stereocenters. The van der Waals surface area contributed by atoms with Crippen LogP contribution in [0.15, 0.2) is 30.3 Å². The van der Waals surface area contributed by atoms with Crippen LogP contribution in [0.1, 0.15) is 10.4 Å². The molecule has 3 nitrogen and oxygen atoms in total. The molecule has 0 aliphatic heterocycles. The zero-order valence-electron chi connectivity index (χ0n) is 9.88. The summed E-state index contributed by atoms with van der Waals surface area (Å²) in [5.41, 5.74) is 4.26. The molecule has 7 heteroatoms. The summed E-state index contributed by atoms with van der Waals surface area (Å²) in [4.78, 5) is 11.8. The van der Waals surface area contributed by atoms with Gasteiger partial charge in [0.2, 0.25) is 0 Å². The summed E-state index contributed by atoms with van der Waals surface area (Å²) in [6.45, 7) is 0. The SMILES string of the molecule is Nc1c(F)cc(C(=O)Nc2ccc(Cl)c(F)c2)cc1F. The molecule has 0 unspecified atom stereocenters. The Morgan fingerprint density at radius 2 is 1.65 bits per heavy atom. The van der Waals surface area contributed by atoms with E-state index < -0.39 is 29.0 Å². The topological polar surface area (TPSA) is 55.1 Å². The van der Waals surface area contributed by atoms with E-state index in [2.05, 4.69) is 5.32 Å². The molecule has 2 aromatic rings. The first kappa shape index (κ1) is 14.2. The second-order valence-corrected chi connectivity index (χ2v) is 4.34. The lowest BCUT2D eigenvalue weighted by Crippen LogP contribution is -2.13. The van der Waals surface area contributed by atoms with Crippen molar-refractivity contribution in [3.8, 4) is 0 Å². The first-order chi connectivity index (χ1) is 9.38. The van der Waals surface area contributed by atoms with Gasteiger partial charge in [0.1, 0.15) is 23.1 Å². The third-order valence-corrected chi connectivity index (χ3v) is 2.83. The number of hydrogen-bond acceptors (Lipinski definition) is 2. The molecule has 2 aromatic carbocycles. The lowest BCUT2D eigenvalue weighted by molar-refractivity contribution is 0.102. The van der Waals surface area contributed by atoms with Crippen LogP contribution >= 0.6 is 11.6 Å². The van der Waals surface area contributed by atoms with Crippen molar-refractivity contribution in [1.29, 1.82) is 0 Å². The Kier molecular flexibility index (Phi) is 3.85. The van der Waals surface area contributed by atoms with Crippen LogP contribution in [0, 0.1) is 17.5 Å². The molecule has 0 radical (unpaired) electrons. The normalized spacial score (nSPS) is 10.4. The third-order valence-electron chi connectivity index (χ3n) is 2.52. The summed E-state index contributed by atoms with van der Waals surface area (Å²) < 4.78 is 39.7. The largest absolute Gasteiger partial charge is 0.394 e. The van der Waals surface area contributed by atoms with E-state index in [4.69, 9.17) is 17.3 Å². The van der Waals surface area contributed by atoms with Crippen molar-refractivity contribution >= 4 is 28.9 Å². The maximum atomic E-state index is 13.2. The summed E-state index contributed by atoms with van der Waals surface area (Å²) in [6, 6.07) is 5.17. The average molecular weight is 301 g/mol. The van der Waals surface area contributed by atoms with Crippen LogP contribution in [-0.2, 0) is 0 Å². The minimum Gasteiger partial charge on any atom is -0.394 e. The molecular weight excluding hydrogens is 293 g/mol. The maximum Gasteiger partial charge on any atom is 0.255 e. The maximum absolute atomic E-state index is 13.2. The number of halogens is 4. The number of anilines is 2. The predicted octanol–water partition coefficient (Wildman–Crippen LogP) is 3.59. The second-order valence-electron chi connectivity index (χ2n) is 3.94. The lowest BCUT2D eigenvalue weighted by atomic mass is 10.1. The average Bonchev–Trinajstić information content (AvgIpc) is 2.39. The van der Waals surface area contributed by atoms with Crippen LogP contribution < -0.4 is 11.1 Å². The van der Waals surface area contributed by atoms with Crippen LogP contribution in [0.4, 0.5) is 24.5 Å². The number of carbonyl (C=O) groups excluding carboxylic acids is 1. The summed E-state index contributed by atoms with van der Waals surface area (Å²) in [5, 5.41) is 2.18. The number of amides is 1. The first-order valence-electron chi connectivity index (χ1n) is 5.39. The Labute approximate surface area is 117 Å². The van der Waals surface area contributed by atoms with Crippen LogP contribution in [0.2, 0.25) is 5.02 Å². The van der Waals surface area contributed by atoms with Gasteiger partial charge in [-0.1, -0.05) is 11.6 Å². The molecular formula is C13H8ClF3N2O. The summed E-state index contributed by atoms with van der Waals surface area (Å²) in [7, 11) is 0. The molecule has 20 heavy (non-hydrogen) atoms. The second kappa shape index (κ2) is 5.42. The van der Waals surface area contributed by atoms with Crippen LogP contribution in [0.5, 0.6) is 0 Å². The molecule has 0 aromatic heterocycles. The van der Waals surface area contributed by atoms with Crippen molar-refractivity contribution in [3.05, 3.63) is 58.4 Å². The predicted molar refractivity (Wildman–Crippen MR) is 70.1 cm³/mol. The highest BCUT2D eigenvalue weighted by atomic mass is 35.5. The number of nitrogens with one attached hydrogen (secondary N) is 1. The van der Waals surface area contributed by atoms with E-state index in [1.54, 1.807) is 0 Å². The standard InChI is InChI=1S/C13H8ClF3N2O/c14-8-2-1-7(5-9(8)15)19-13(20)6-3-10(16)12(18)11(17)4-6/h1-5H,18H2,(H,19,20). The van der Waals surface area contributed by atoms with Crippen molar-refractivity contribution < 1.29 is 18.0 Å². The van der Waals surface area contributed by atoms with Gasteiger partial charge < -0.3 is 11.1 Å². The van der Waals surface area contributed by atoms with Crippen molar-refractivity contribution in [1.82, 2.24) is 0 Å². The Balaban J connectivity index is 2.26. The number of benzene rings is 2. The van der Waals surface area contributed by atoms with E-state index in [9.17, 15) is 18.0 Å². The number of rotatable bonds is 2. The van der Waals surface area contributed by atoms with E-state index in [-0.39, 0.29) is 16.3 Å². The highest BCUT2D eigenvalue weighted by molar-refractivity contribution is 6.30. The Morgan fingerprint density at radius 3 is 2.20 bits per heavy atom. The molecule has 3 N–H and O–H groups in total. The molecule has 0 spiro atoms.